The molecule has 0 N–H and O–H groups in total. The molecule has 1 heterocycles. The van der Waals surface area contributed by atoms with Gasteiger partial charge in [0.05, 0.1) is 5.56 Å². The smallest absolute Gasteiger partial charge is 0.338 e. The van der Waals surface area contributed by atoms with Crippen LogP contribution in [0, 0.1) is 17.8 Å². The summed E-state index contributed by atoms with van der Waals surface area (Å²) in [5.74, 6) is 1.06. The summed E-state index contributed by atoms with van der Waals surface area (Å²) in [7, 11) is 0. The van der Waals surface area contributed by atoms with Gasteiger partial charge in [-0.2, -0.15) is 0 Å². The van der Waals surface area contributed by atoms with Crippen molar-refractivity contribution in [2.75, 3.05) is 18.0 Å². The number of fused-ring (bicyclic) bond motifs is 1. The third-order valence-electron chi connectivity index (χ3n) is 4.28. The predicted molar refractivity (Wildman–Crippen MR) is 80.4 cm³/mol. The minimum Gasteiger partial charge on any atom is -0.456 e. The number of ether oxygens (including phenoxy) is 1. The van der Waals surface area contributed by atoms with E-state index in [2.05, 4.69) is 4.90 Å². The Morgan fingerprint density at radius 1 is 1.19 bits per heavy atom. The number of aldehydes is 1. The number of nitrogens with zero attached hydrogens (tertiary/aromatic N) is 1. The standard InChI is InChI=1S/C17H21NO3/c1-17(2,3)21-16(20)11-4-6-12(7-5-11)18-8-13-14(9-18)15(13)10-19/h4-7,10,13-15H,8-9H2,1-3H3/t13-,14+,15?. The fraction of sp³-hybridized carbons (Fsp3) is 0.529. The van der Waals surface area contributed by atoms with Gasteiger partial charge in [0.2, 0.25) is 0 Å². The number of hydrogen-bond acceptors (Lipinski definition) is 4. The first-order valence-electron chi connectivity index (χ1n) is 7.43. The zero-order chi connectivity index (χ0) is 15.2. The van der Waals surface area contributed by atoms with Crippen LogP contribution in [0.4, 0.5) is 5.69 Å². The molecule has 3 rings (SSSR count). The second-order valence-electron chi connectivity index (χ2n) is 6.99. The van der Waals surface area contributed by atoms with Gasteiger partial charge in [-0.25, -0.2) is 4.79 Å². The average Bonchev–Trinajstić information content (AvgIpc) is 2.88. The van der Waals surface area contributed by atoms with Gasteiger partial charge in [0.1, 0.15) is 11.9 Å². The van der Waals surface area contributed by atoms with Crippen molar-refractivity contribution in [3.05, 3.63) is 29.8 Å². The number of hydrogen-bond donors (Lipinski definition) is 0. The molecule has 0 amide bonds. The van der Waals surface area contributed by atoms with Gasteiger partial charge in [0, 0.05) is 24.7 Å². The van der Waals surface area contributed by atoms with Gasteiger partial charge in [-0.15, -0.1) is 0 Å². The summed E-state index contributed by atoms with van der Waals surface area (Å²) in [5, 5.41) is 0. The molecule has 4 heteroatoms. The summed E-state index contributed by atoms with van der Waals surface area (Å²) in [6.45, 7) is 7.47. The summed E-state index contributed by atoms with van der Waals surface area (Å²) in [6, 6.07) is 7.54. The highest BCUT2D eigenvalue weighted by Crippen LogP contribution is 2.51. The zero-order valence-corrected chi connectivity index (χ0v) is 12.7. The Bertz CT molecular complexity index is 546. The summed E-state index contributed by atoms with van der Waals surface area (Å²) in [4.78, 5) is 25.0. The van der Waals surface area contributed by atoms with Crippen LogP contribution in [-0.2, 0) is 9.53 Å². The van der Waals surface area contributed by atoms with Gasteiger partial charge < -0.3 is 14.4 Å². The van der Waals surface area contributed by atoms with E-state index in [9.17, 15) is 9.59 Å². The van der Waals surface area contributed by atoms with E-state index in [0.29, 0.717) is 17.4 Å². The molecule has 1 aromatic rings. The van der Waals surface area contributed by atoms with Crippen molar-refractivity contribution in [3.63, 3.8) is 0 Å². The van der Waals surface area contributed by atoms with Crippen molar-refractivity contribution < 1.29 is 14.3 Å². The Morgan fingerprint density at radius 2 is 1.76 bits per heavy atom. The summed E-state index contributed by atoms with van der Waals surface area (Å²) >= 11 is 0. The highest BCUT2D eigenvalue weighted by molar-refractivity contribution is 5.90. The number of carbonyl (C=O) groups excluding carboxylic acids is 2. The van der Waals surface area contributed by atoms with Crippen LogP contribution in [0.25, 0.3) is 0 Å². The molecular formula is C17H21NO3. The second kappa shape index (κ2) is 4.86. The maximum atomic E-state index is 12.0. The van der Waals surface area contributed by atoms with Crippen molar-refractivity contribution >= 4 is 17.9 Å². The van der Waals surface area contributed by atoms with Crippen LogP contribution in [0.5, 0.6) is 0 Å². The fourth-order valence-electron chi connectivity index (χ4n) is 3.13. The molecule has 0 radical (unpaired) electrons. The quantitative estimate of drug-likeness (QED) is 0.633. The second-order valence-corrected chi connectivity index (χ2v) is 6.99. The summed E-state index contributed by atoms with van der Waals surface area (Å²) in [5.41, 5.74) is 1.21. The predicted octanol–water partition coefficient (Wildman–Crippen LogP) is 2.52. The lowest BCUT2D eigenvalue weighted by Gasteiger charge is -2.22. The number of carbonyl (C=O) groups is 2. The molecule has 0 bridgehead atoms. The minimum atomic E-state index is -0.476. The van der Waals surface area contributed by atoms with E-state index in [4.69, 9.17) is 4.74 Å². The lowest BCUT2D eigenvalue weighted by Crippen LogP contribution is -2.25. The van der Waals surface area contributed by atoms with E-state index in [1.54, 1.807) is 0 Å². The van der Waals surface area contributed by atoms with Crippen molar-refractivity contribution in [3.8, 4) is 0 Å². The monoisotopic (exact) mass is 287 g/mol. The van der Waals surface area contributed by atoms with Gasteiger partial charge in [-0.3, -0.25) is 0 Å². The van der Waals surface area contributed by atoms with Crippen molar-refractivity contribution in [2.24, 2.45) is 17.8 Å². The highest BCUT2D eigenvalue weighted by atomic mass is 16.6. The number of piperidine rings is 1. The van der Waals surface area contributed by atoms with Crippen LogP contribution < -0.4 is 4.90 Å². The molecule has 1 aliphatic carbocycles. The molecule has 0 aromatic heterocycles. The lowest BCUT2D eigenvalue weighted by molar-refractivity contribution is -0.109. The van der Waals surface area contributed by atoms with E-state index >= 15 is 0 Å². The lowest BCUT2D eigenvalue weighted by atomic mass is 10.1. The van der Waals surface area contributed by atoms with E-state index in [-0.39, 0.29) is 11.9 Å². The average molecular weight is 287 g/mol. The summed E-state index contributed by atoms with van der Waals surface area (Å²) < 4.78 is 5.35. The highest BCUT2D eigenvalue weighted by Gasteiger charge is 2.55. The van der Waals surface area contributed by atoms with Gasteiger partial charge >= 0.3 is 5.97 Å². The Morgan fingerprint density at radius 3 is 2.24 bits per heavy atom. The molecule has 0 spiro atoms. The van der Waals surface area contributed by atoms with Crippen LogP contribution in [0.1, 0.15) is 31.1 Å². The van der Waals surface area contributed by atoms with Gasteiger partial charge in [-0.1, -0.05) is 0 Å². The molecule has 112 valence electrons. The molecule has 2 aliphatic rings. The third kappa shape index (κ3) is 2.80. The van der Waals surface area contributed by atoms with Crippen LogP contribution in [0.15, 0.2) is 24.3 Å². The number of anilines is 1. The fourth-order valence-corrected chi connectivity index (χ4v) is 3.13. The Balaban J connectivity index is 1.63. The third-order valence-corrected chi connectivity index (χ3v) is 4.28. The van der Waals surface area contributed by atoms with Crippen LogP contribution in [0.2, 0.25) is 0 Å². The maximum Gasteiger partial charge on any atom is 0.338 e. The molecule has 1 saturated heterocycles. The molecule has 4 nitrogen and oxygen atoms in total. The normalized spacial score (nSPS) is 27.2. The zero-order valence-electron chi connectivity index (χ0n) is 12.7. The number of benzene rings is 1. The Hall–Kier alpha value is -1.84. The first kappa shape index (κ1) is 14.1. The molecule has 1 unspecified atom stereocenters. The number of rotatable bonds is 3. The Kier molecular flexibility index (Phi) is 3.27. The van der Waals surface area contributed by atoms with Gasteiger partial charge in [-0.05, 0) is 56.9 Å². The Labute approximate surface area is 125 Å². The molecule has 1 aromatic carbocycles. The van der Waals surface area contributed by atoms with Gasteiger partial charge in [0.25, 0.3) is 0 Å². The largest absolute Gasteiger partial charge is 0.456 e. The summed E-state index contributed by atoms with van der Waals surface area (Å²) in [6.07, 6.45) is 1.10. The van der Waals surface area contributed by atoms with E-state index in [1.165, 1.54) is 0 Å². The van der Waals surface area contributed by atoms with E-state index < -0.39 is 5.60 Å². The van der Waals surface area contributed by atoms with Crippen molar-refractivity contribution in [2.45, 2.75) is 26.4 Å². The van der Waals surface area contributed by atoms with E-state index in [1.807, 2.05) is 45.0 Å². The van der Waals surface area contributed by atoms with E-state index in [0.717, 1.165) is 25.1 Å². The molecule has 3 atom stereocenters. The van der Waals surface area contributed by atoms with Gasteiger partial charge in [0.15, 0.2) is 0 Å². The topological polar surface area (TPSA) is 46.6 Å². The maximum absolute atomic E-state index is 12.0. The molecule has 1 aliphatic heterocycles. The SMILES string of the molecule is CC(C)(C)OC(=O)c1ccc(N2C[C@@H]3C(C=O)[C@@H]3C2)cc1. The van der Waals surface area contributed by atoms with Crippen LogP contribution in [-0.4, -0.2) is 30.9 Å². The molecule has 2 fully saturated rings. The number of esters is 1. The molecule has 21 heavy (non-hydrogen) atoms. The van der Waals surface area contributed by atoms with Crippen molar-refractivity contribution in [1.82, 2.24) is 0 Å². The van der Waals surface area contributed by atoms with Crippen molar-refractivity contribution in [1.29, 1.82) is 0 Å². The van der Waals surface area contributed by atoms with Crippen LogP contribution in [0.3, 0.4) is 0 Å². The van der Waals surface area contributed by atoms with Crippen LogP contribution >= 0.6 is 0 Å². The first-order chi connectivity index (χ1) is 9.89. The molecule has 1 saturated carbocycles. The minimum absolute atomic E-state index is 0.280. The first-order valence-corrected chi connectivity index (χ1v) is 7.43. The molecular weight excluding hydrogens is 266 g/mol.